The number of hydrogen-bond acceptors (Lipinski definition) is 4. The molecular formula is C10H15BrN4O. The zero-order chi connectivity index (χ0) is 11.8. The van der Waals surface area contributed by atoms with Gasteiger partial charge in [-0.2, -0.15) is 0 Å². The summed E-state index contributed by atoms with van der Waals surface area (Å²) < 4.78 is 2.04. The average Bonchev–Trinajstić information content (AvgIpc) is 2.59. The number of aryl methyl sites for hydroxylation is 1. The summed E-state index contributed by atoms with van der Waals surface area (Å²) in [6, 6.07) is 0. The van der Waals surface area contributed by atoms with E-state index in [1.54, 1.807) is 7.05 Å². The molecule has 1 N–H and O–H groups in total. The van der Waals surface area contributed by atoms with Gasteiger partial charge in [-0.25, -0.2) is 4.68 Å². The van der Waals surface area contributed by atoms with Crippen LogP contribution in [0.4, 0.5) is 0 Å². The molecule has 1 saturated heterocycles. The van der Waals surface area contributed by atoms with Crippen molar-refractivity contribution in [2.75, 3.05) is 6.54 Å². The van der Waals surface area contributed by atoms with Crippen LogP contribution in [0, 0.1) is 0 Å². The van der Waals surface area contributed by atoms with E-state index in [2.05, 4.69) is 31.6 Å². The zero-order valence-corrected chi connectivity index (χ0v) is 11.0. The van der Waals surface area contributed by atoms with Gasteiger partial charge in [-0.15, -0.1) is 5.10 Å². The van der Waals surface area contributed by atoms with Gasteiger partial charge >= 0.3 is 0 Å². The highest BCUT2D eigenvalue weighted by Gasteiger charge is 2.37. The molecule has 0 bridgehead atoms. The van der Waals surface area contributed by atoms with Crippen LogP contribution in [0.1, 0.15) is 36.7 Å². The molecule has 1 atom stereocenters. The molecule has 6 heteroatoms. The number of aromatic nitrogens is 3. The third-order valence-corrected chi connectivity index (χ3v) is 3.65. The maximum Gasteiger partial charge on any atom is 0.203 e. The van der Waals surface area contributed by atoms with Crippen LogP contribution in [0.25, 0.3) is 0 Å². The van der Waals surface area contributed by atoms with Crippen LogP contribution in [-0.4, -0.2) is 32.9 Å². The van der Waals surface area contributed by atoms with Gasteiger partial charge in [0.15, 0.2) is 4.60 Å². The topological polar surface area (TPSA) is 59.8 Å². The van der Waals surface area contributed by atoms with Crippen LogP contribution in [0.3, 0.4) is 0 Å². The van der Waals surface area contributed by atoms with Crippen molar-refractivity contribution in [1.29, 1.82) is 0 Å². The summed E-state index contributed by atoms with van der Waals surface area (Å²) in [5, 5.41) is 11.0. The van der Waals surface area contributed by atoms with E-state index in [0.29, 0.717) is 10.3 Å². The highest BCUT2D eigenvalue weighted by Crippen LogP contribution is 2.25. The monoisotopic (exact) mass is 286 g/mol. The first kappa shape index (κ1) is 11.7. The van der Waals surface area contributed by atoms with E-state index < -0.39 is 5.54 Å². The van der Waals surface area contributed by atoms with Gasteiger partial charge in [-0.3, -0.25) is 4.79 Å². The number of nitrogens with zero attached hydrogens (tertiary/aromatic N) is 3. The molecule has 0 saturated carbocycles. The van der Waals surface area contributed by atoms with Crippen LogP contribution in [0.5, 0.6) is 0 Å². The number of hydrogen-bond donors (Lipinski definition) is 1. The maximum atomic E-state index is 12.4. The van der Waals surface area contributed by atoms with E-state index in [9.17, 15) is 4.79 Å². The molecule has 1 aliphatic rings. The molecule has 1 aromatic heterocycles. The number of ketones is 1. The summed E-state index contributed by atoms with van der Waals surface area (Å²) in [7, 11) is 1.73. The van der Waals surface area contributed by atoms with Gasteiger partial charge in [-0.1, -0.05) is 5.21 Å². The Bertz CT molecular complexity index is 389. The van der Waals surface area contributed by atoms with E-state index in [0.717, 1.165) is 25.8 Å². The third-order valence-electron chi connectivity index (χ3n) is 3.12. The summed E-state index contributed by atoms with van der Waals surface area (Å²) in [5.74, 6) is 0.0616. The molecule has 0 amide bonds. The first-order valence-electron chi connectivity index (χ1n) is 5.39. The van der Waals surface area contributed by atoms with Crippen LogP contribution in [-0.2, 0) is 7.05 Å². The molecule has 1 fully saturated rings. The van der Waals surface area contributed by atoms with Crippen molar-refractivity contribution in [2.45, 2.75) is 31.7 Å². The van der Waals surface area contributed by atoms with Crippen molar-refractivity contribution in [3.05, 3.63) is 10.3 Å². The lowest BCUT2D eigenvalue weighted by Gasteiger charge is -2.33. The molecule has 2 rings (SSSR count). The minimum atomic E-state index is -0.476. The molecule has 0 radical (unpaired) electrons. The predicted octanol–water partition coefficient (Wildman–Crippen LogP) is 1.29. The lowest BCUT2D eigenvalue weighted by Crippen LogP contribution is -2.52. The van der Waals surface area contributed by atoms with E-state index in [1.807, 2.05) is 6.92 Å². The van der Waals surface area contributed by atoms with E-state index >= 15 is 0 Å². The molecule has 1 aromatic rings. The quantitative estimate of drug-likeness (QED) is 0.833. The Kier molecular flexibility index (Phi) is 3.12. The third kappa shape index (κ3) is 1.91. The number of nitrogens with one attached hydrogen (secondary N) is 1. The summed E-state index contributed by atoms with van der Waals surface area (Å²) in [6.07, 6.45) is 3.08. The van der Waals surface area contributed by atoms with Crippen molar-refractivity contribution in [3.63, 3.8) is 0 Å². The first-order valence-corrected chi connectivity index (χ1v) is 6.19. The van der Waals surface area contributed by atoms with Crippen molar-refractivity contribution < 1.29 is 4.79 Å². The van der Waals surface area contributed by atoms with Gasteiger partial charge in [0.1, 0.15) is 5.69 Å². The van der Waals surface area contributed by atoms with Crippen LogP contribution < -0.4 is 5.32 Å². The molecule has 1 aliphatic heterocycles. The first-order chi connectivity index (χ1) is 7.54. The van der Waals surface area contributed by atoms with Crippen molar-refractivity contribution in [1.82, 2.24) is 20.3 Å². The van der Waals surface area contributed by atoms with Gasteiger partial charge in [0.25, 0.3) is 0 Å². The fraction of sp³-hybridized carbons (Fsp3) is 0.700. The normalized spacial score (nSPS) is 25.7. The smallest absolute Gasteiger partial charge is 0.203 e. The maximum absolute atomic E-state index is 12.4. The number of rotatable bonds is 2. The molecule has 2 heterocycles. The Morgan fingerprint density at radius 3 is 2.81 bits per heavy atom. The van der Waals surface area contributed by atoms with Crippen molar-refractivity contribution in [3.8, 4) is 0 Å². The Labute approximate surface area is 103 Å². The van der Waals surface area contributed by atoms with E-state index in [-0.39, 0.29) is 5.78 Å². The van der Waals surface area contributed by atoms with Crippen molar-refractivity contribution in [2.24, 2.45) is 7.05 Å². The molecule has 5 nitrogen and oxygen atoms in total. The zero-order valence-electron chi connectivity index (χ0n) is 9.46. The summed E-state index contributed by atoms with van der Waals surface area (Å²) >= 11 is 3.27. The lowest BCUT2D eigenvalue weighted by atomic mass is 9.85. The Morgan fingerprint density at radius 2 is 2.31 bits per heavy atom. The molecule has 88 valence electrons. The van der Waals surface area contributed by atoms with Crippen LogP contribution in [0.2, 0.25) is 0 Å². The fourth-order valence-electron chi connectivity index (χ4n) is 2.08. The molecule has 0 aliphatic carbocycles. The van der Waals surface area contributed by atoms with Crippen LogP contribution >= 0.6 is 15.9 Å². The predicted molar refractivity (Wildman–Crippen MR) is 63.3 cm³/mol. The van der Waals surface area contributed by atoms with E-state index in [4.69, 9.17) is 0 Å². The molecular weight excluding hydrogens is 272 g/mol. The van der Waals surface area contributed by atoms with Gasteiger partial charge in [-0.05, 0) is 48.7 Å². The number of Topliss-reactive ketones (excluding diaryl/α,β-unsaturated/α-hetero) is 1. The Balaban J connectivity index is 2.31. The lowest BCUT2D eigenvalue weighted by molar-refractivity contribution is 0.0823. The second-order valence-electron chi connectivity index (χ2n) is 4.40. The largest absolute Gasteiger partial charge is 0.305 e. The fourth-order valence-corrected chi connectivity index (χ4v) is 2.59. The minimum Gasteiger partial charge on any atom is -0.305 e. The second kappa shape index (κ2) is 4.25. The number of piperidine rings is 1. The van der Waals surface area contributed by atoms with Gasteiger partial charge < -0.3 is 5.32 Å². The SMILES string of the molecule is Cn1nnc(Br)c1C(=O)C1(C)CCCCN1. The Hall–Kier alpha value is -0.750. The second-order valence-corrected chi connectivity index (χ2v) is 5.15. The highest BCUT2D eigenvalue weighted by atomic mass is 79.9. The van der Waals surface area contributed by atoms with E-state index in [1.165, 1.54) is 4.68 Å². The molecule has 0 spiro atoms. The highest BCUT2D eigenvalue weighted by molar-refractivity contribution is 9.10. The number of carbonyl (C=O) groups excluding carboxylic acids is 1. The molecule has 0 aromatic carbocycles. The van der Waals surface area contributed by atoms with Crippen LogP contribution in [0.15, 0.2) is 4.60 Å². The van der Waals surface area contributed by atoms with Gasteiger partial charge in [0.05, 0.1) is 5.54 Å². The van der Waals surface area contributed by atoms with Gasteiger partial charge in [0, 0.05) is 7.05 Å². The Morgan fingerprint density at radius 1 is 1.56 bits per heavy atom. The summed E-state index contributed by atoms with van der Waals surface area (Å²) in [5.41, 5.74) is 0.0628. The minimum absolute atomic E-state index is 0.0616. The van der Waals surface area contributed by atoms with Gasteiger partial charge in [0.2, 0.25) is 5.78 Å². The number of carbonyl (C=O) groups is 1. The average molecular weight is 287 g/mol. The van der Waals surface area contributed by atoms with Crippen molar-refractivity contribution >= 4 is 21.7 Å². The molecule has 1 unspecified atom stereocenters. The number of halogens is 1. The summed E-state index contributed by atoms with van der Waals surface area (Å²) in [6.45, 7) is 2.85. The standard InChI is InChI=1S/C10H15BrN4O/c1-10(5-3-4-6-12-10)8(16)7-9(11)13-14-15(7)2/h12H,3-6H2,1-2H3. The molecule has 16 heavy (non-hydrogen) atoms. The summed E-state index contributed by atoms with van der Waals surface area (Å²) in [4.78, 5) is 12.4.